The Bertz CT molecular complexity index is 1450. The third-order valence-corrected chi connectivity index (χ3v) is 7.78. The van der Waals surface area contributed by atoms with Gasteiger partial charge < -0.3 is 9.88 Å². The van der Waals surface area contributed by atoms with E-state index < -0.39 is 11.2 Å². The number of hydrogen-bond donors (Lipinski definition) is 2. The summed E-state index contributed by atoms with van der Waals surface area (Å²) < 4.78 is 1.93. The van der Waals surface area contributed by atoms with E-state index in [-0.39, 0.29) is 5.69 Å². The minimum absolute atomic E-state index is 0.187. The van der Waals surface area contributed by atoms with Gasteiger partial charge in [-0.15, -0.1) is 0 Å². The molecule has 2 heterocycles. The van der Waals surface area contributed by atoms with E-state index in [1.165, 1.54) is 56.1 Å². The third-order valence-electron chi connectivity index (χ3n) is 7.78. The zero-order valence-corrected chi connectivity index (χ0v) is 24.0. The van der Waals surface area contributed by atoms with Crippen LogP contribution in [0, 0.1) is 19.8 Å². The molecule has 2 aliphatic heterocycles. The van der Waals surface area contributed by atoms with Crippen molar-refractivity contribution in [1.29, 1.82) is 0 Å². The first-order valence-electron chi connectivity index (χ1n) is 14.6. The lowest BCUT2D eigenvalue weighted by molar-refractivity contribution is 0.453. The van der Waals surface area contributed by atoms with Crippen LogP contribution in [-0.2, 0) is 19.5 Å². The molecule has 1 unspecified atom stereocenters. The van der Waals surface area contributed by atoms with Gasteiger partial charge in [0.1, 0.15) is 0 Å². The molecule has 1 atom stereocenters. The molecule has 7 nitrogen and oxygen atoms in total. The fourth-order valence-corrected chi connectivity index (χ4v) is 5.34. The van der Waals surface area contributed by atoms with Crippen molar-refractivity contribution < 1.29 is 0 Å². The summed E-state index contributed by atoms with van der Waals surface area (Å²) in [4.78, 5) is 35.3. The molecule has 39 heavy (non-hydrogen) atoms. The maximum Gasteiger partial charge on any atom is 0.349 e. The van der Waals surface area contributed by atoms with E-state index in [1.807, 2.05) is 24.5 Å². The number of benzene rings is 2. The van der Waals surface area contributed by atoms with Crippen molar-refractivity contribution in [1.82, 2.24) is 24.8 Å². The summed E-state index contributed by atoms with van der Waals surface area (Å²) in [7, 11) is 0. The molecule has 0 bridgehead atoms. The van der Waals surface area contributed by atoms with Crippen LogP contribution < -0.4 is 16.6 Å². The Morgan fingerprint density at radius 1 is 0.923 bits per heavy atom. The van der Waals surface area contributed by atoms with E-state index in [9.17, 15) is 9.59 Å². The van der Waals surface area contributed by atoms with Crippen molar-refractivity contribution in [2.45, 2.75) is 92.2 Å². The van der Waals surface area contributed by atoms with E-state index in [2.05, 4.69) is 64.4 Å². The molecule has 7 heteroatoms. The molecule has 0 aromatic heterocycles. The molecule has 2 aliphatic rings. The molecule has 4 rings (SSSR count). The summed E-state index contributed by atoms with van der Waals surface area (Å²) in [6, 6.07) is 12.9. The molecule has 2 N–H and O–H groups in total. The Hall–Kier alpha value is -3.32. The fraction of sp³-hybridized carbons (Fsp3) is 0.500. The van der Waals surface area contributed by atoms with Crippen LogP contribution in [0.4, 0.5) is 0 Å². The Labute approximate surface area is 231 Å². The highest BCUT2D eigenvalue weighted by Crippen LogP contribution is 2.23. The summed E-state index contributed by atoms with van der Waals surface area (Å²) >= 11 is 0. The second kappa shape index (κ2) is 13.7. The molecule has 208 valence electrons. The van der Waals surface area contributed by atoms with Crippen molar-refractivity contribution in [2.75, 3.05) is 6.54 Å². The number of aromatic nitrogens is 4. The van der Waals surface area contributed by atoms with E-state index in [0.29, 0.717) is 18.9 Å². The average molecular weight is 530 g/mol. The summed E-state index contributed by atoms with van der Waals surface area (Å²) in [5, 5.41) is 3.51. The number of rotatable bonds is 14. The van der Waals surface area contributed by atoms with Gasteiger partial charge in [-0.25, -0.2) is 9.78 Å². The number of aryl methyl sites for hydroxylation is 3. The normalized spacial score (nSPS) is 12.4. The summed E-state index contributed by atoms with van der Waals surface area (Å²) in [5.74, 6) is 1.19. The molecule has 0 radical (unpaired) electrons. The lowest BCUT2D eigenvalue weighted by Crippen LogP contribution is -2.30. The van der Waals surface area contributed by atoms with Gasteiger partial charge in [0.05, 0.1) is 11.0 Å². The maximum atomic E-state index is 12.5. The quantitative estimate of drug-likeness (QED) is 0.156. The number of nitrogens with one attached hydrogen (secondary N) is 2. The smallest absolute Gasteiger partial charge is 0.321 e. The van der Waals surface area contributed by atoms with Gasteiger partial charge in [0.15, 0.2) is 11.5 Å². The van der Waals surface area contributed by atoms with Gasteiger partial charge in [-0.2, -0.15) is 4.98 Å². The lowest BCUT2D eigenvalue weighted by Gasteiger charge is -2.18. The SMILES string of the molecule is CCCC(C)CCCCCCc1ccc(CNCCn2c3nc(=O)[nH]c(=O)c-3nc3cc(C)c(C)cc32)cc1. The predicted octanol–water partition coefficient (Wildman–Crippen LogP) is 5.92. The van der Waals surface area contributed by atoms with Crippen molar-refractivity contribution in [3.63, 3.8) is 0 Å². The highest BCUT2D eigenvalue weighted by molar-refractivity contribution is 5.81. The second-order valence-electron chi connectivity index (χ2n) is 11.1. The molecule has 0 amide bonds. The Morgan fingerprint density at radius 3 is 2.41 bits per heavy atom. The number of fused-ring (bicyclic) bond motifs is 2. The highest BCUT2D eigenvalue weighted by atomic mass is 16.2. The van der Waals surface area contributed by atoms with Crippen LogP contribution in [0.15, 0.2) is 46.0 Å². The first kappa shape index (κ1) is 28.7. The van der Waals surface area contributed by atoms with Crippen molar-refractivity contribution in [3.8, 4) is 11.5 Å². The van der Waals surface area contributed by atoms with E-state index in [1.54, 1.807) is 0 Å². The van der Waals surface area contributed by atoms with Crippen molar-refractivity contribution in [2.24, 2.45) is 5.92 Å². The highest BCUT2D eigenvalue weighted by Gasteiger charge is 2.19. The number of nitrogens with zero attached hydrogens (tertiary/aromatic N) is 3. The molecule has 0 aliphatic carbocycles. The Kier molecular flexibility index (Phi) is 10.0. The predicted molar refractivity (Wildman–Crippen MR) is 160 cm³/mol. The molecule has 0 saturated heterocycles. The van der Waals surface area contributed by atoms with Crippen LogP contribution in [0.2, 0.25) is 0 Å². The second-order valence-corrected chi connectivity index (χ2v) is 11.1. The molecule has 2 aromatic rings. The average Bonchev–Trinajstić information content (AvgIpc) is 2.90. The minimum Gasteiger partial charge on any atom is -0.321 e. The standard InChI is InChI=1S/C32H43N5O2/c1-5-10-22(2)11-8-6-7-9-12-25-13-15-26(16-14-25)21-33-17-18-37-28-20-24(4)23(3)19-27(28)34-29-30(37)35-32(39)36-31(29)38/h13-16,19-20,22,33H,5-12,17-18,21H2,1-4H3,(H,36,38,39). The van der Waals surface area contributed by atoms with Gasteiger partial charge in [0.25, 0.3) is 5.56 Å². The minimum atomic E-state index is -0.652. The van der Waals surface area contributed by atoms with Crippen LogP contribution in [-0.4, -0.2) is 26.1 Å². The Balaban J connectivity index is 1.31. The first-order valence-corrected chi connectivity index (χ1v) is 14.6. The van der Waals surface area contributed by atoms with Gasteiger partial charge in [-0.05, 0) is 67.0 Å². The lowest BCUT2D eigenvalue weighted by atomic mass is 9.97. The number of hydrogen-bond acceptors (Lipinski definition) is 5. The fourth-order valence-electron chi connectivity index (χ4n) is 5.34. The summed E-state index contributed by atoms with van der Waals surface area (Å²) in [5.41, 5.74) is 5.48. The van der Waals surface area contributed by atoms with Crippen LogP contribution in [0.25, 0.3) is 22.6 Å². The number of aromatic amines is 1. The van der Waals surface area contributed by atoms with Gasteiger partial charge in [0, 0.05) is 19.6 Å². The van der Waals surface area contributed by atoms with Crippen LogP contribution in [0.1, 0.15) is 81.0 Å². The number of H-pyrrole nitrogens is 1. The van der Waals surface area contributed by atoms with Gasteiger partial charge in [-0.1, -0.05) is 76.6 Å². The summed E-state index contributed by atoms with van der Waals surface area (Å²) in [6.45, 7) is 10.7. The van der Waals surface area contributed by atoms with Crippen LogP contribution >= 0.6 is 0 Å². The monoisotopic (exact) mass is 529 g/mol. The third kappa shape index (κ3) is 7.63. The molecule has 0 fully saturated rings. The van der Waals surface area contributed by atoms with Gasteiger partial charge in [-0.3, -0.25) is 9.78 Å². The van der Waals surface area contributed by atoms with Gasteiger partial charge in [0.2, 0.25) is 0 Å². The molecule has 0 spiro atoms. The largest absolute Gasteiger partial charge is 0.349 e. The topological polar surface area (TPSA) is 92.7 Å². The van der Waals surface area contributed by atoms with Gasteiger partial charge >= 0.3 is 5.69 Å². The van der Waals surface area contributed by atoms with Crippen molar-refractivity contribution in [3.05, 3.63) is 79.5 Å². The van der Waals surface area contributed by atoms with E-state index >= 15 is 0 Å². The van der Waals surface area contributed by atoms with E-state index in [0.717, 1.165) is 41.0 Å². The molecule has 2 aromatic carbocycles. The zero-order valence-electron chi connectivity index (χ0n) is 24.0. The van der Waals surface area contributed by atoms with Crippen LogP contribution in [0.5, 0.6) is 0 Å². The molecule has 0 saturated carbocycles. The molecular weight excluding hydrogens is 486 g/mol. The molecular formula is C32H43N5O2. The summed E-state index contributed by atoms with van der Waals surface area (Å²) in [6.07, 6.45) is 10.4. The Morgan fingerprint density at radius 2 is 1.64 bits per heavy atom. The van der Waals surface area contributed by atoms with Crippen LogP contribution in [0.3, 0.4) is 0 Å². The first-order chi connectivity index (χ1) is 18.9. The maximum absolute atomic E-state index is 12.5. The number of unbranched alkanes of at least 4 members (excludes halogenated alkanes) is 3. The van der Waals surface area contributed by atoms with Crippen molar-refractivity contribution >= 4 is 11.0 Å². The van der Waals surface area contributed by atoms with E-state index in [4.69, 9.17) is 0 Å². The zero-order chi connectivity index (χ0) is 27.8.